The molecule has 6 nitrogen and oxygen atoms in total. The van der Waals surface area contributed by atoms with Gasteiger partial charge in [-0.1, -0.05) is 6.07 Å². The number of aliphatic carboxylic acids is 1. The average molecular weight is 505 g/mol. The first-order valence-electron chi connectivity index (χ1n) is 11.4. The lowest BCUT2D eigenvalue weighted by molar-refractivity contribution is -0.146. The van der Waals surface area contributed by atoms with Gasteiger partial charge in [-0.3, -0.25) is 9.78 Å². The zero-order valence-corrected chi connectivity index (χ0v) is 20.7. The van der Waals surface area contributed by atoms with Crippen LogP contribution in [0.25, 0.3) is 10.9 Å². The SMILES string of the molecule is COc1cnc2ccc(F)c([C@@H](O)CC[C@@H]3CCN(CCSc4cccs4)C[C@@H]3C(=O)O)c2c1. The number of hydrogen-bond acceptors (Lipinski definition) is 7. The minimum absolute atomic E-state index is 0.0564. The Hall–Kier alpha value is -2.20. The van der Waals surface area contributed by atoms with Crippen molar-refractivity contribution in [2.75, 3.05) is 32.5 Å². The molecule has 0 bridgehead atoms. The summed E-state index contributed by atoms with van der Waals surface area (Å²) < 4.78 is 21.2. The maximum Gasteiger partial charge on any atom is 0.308 e. The van der Waals surface area contributed by atoms with Crippen molar-refractivity contribution in [1.29, 1.82) is 0 Å². The second-order valence-electron chi connectivity index (χ2n) is 8.57. The van der Waals surface area contributed by atoms with E-state index in [1.165, 1.54) is 17.4 Å². The fourth-order valence-corrected chi connectivity index (χ4v) is 6.52. The Bertz CT molecular complexity index is 1110. The molecule has 3 aromatic rings. The number of nitrogens with zero attached hydrogens (tertiary/aromatic N) is 2. The van der Waals surface area contributed by atoms with Crippen LogP contribution in [0.2, 0.25) is 0 Å². The van der Waals surface area contributed by atoms with E-state index in [9.17, 15) is 19.4 Å². The first kappa shape index (κ1) is 24.9. The maximum absolute atomic E-state index is 14.7. The van der Waals surface area contributed by atoms with Gasteiger partial charge in [-0.15, -0.1) is 23.1 Å². The molecule has 1 aliphatic rings. The summed E-state index contributed by atoms with van der Waals surface area (Å²) in [5, 5.41) is 23.3. The normalized spacial score (nSPS) is 19.9. The van der Waals surface area contributed by atoms with Crippen molar-refractivity contribution in [2.45, 2.75) is 29.6 Å². The van der Waals surface area contributed by atoms with E-state index in [0.29, 0.717) is 29.6 Å². The number of hydrogen-bond donors (Lipinski definition) is 2. The van der Waals surface area contributed by atoms with Gasteiger partial charge in [-0.2, -0.15) is 0 Å². The Kier molecular flexibility index (Phi) is 8.41. The summed E-state index contributed by atoms with van der Waals surface area (Å²) in [6.45, 7) is 2.18. The van der Waals surface area contributed by atoms with E-state index in [2.05, 4.69) is 21.3 Å². The summed E-state index contributed by atoms with van der Waals surface area (Å²) in [6, 6.07) is 8.69. The summed E-state index contributed by atoms with van der Waals surface area (Å²) in [5.74, 6) is -0.440. The molecule has 3 atom stereocenters. The first-order valence-corrected chi connectivity index (χ1v) is 13.2. The van der Waals surface area contributed by atoms with Gasteiger partial charge in [-0.05, 0) is 61.4 Å². The molecule has 1 fully saturated rings. The van der Waals surface area contributed by atoms with Gasteiger partial charge in [0, 0.05) is 29.8 Å². The van der Waals surface area contributed by atoms with Crippen LogP contribution in [-0.2, 0) is 4.79 Å². The van der Waals surface area contributed by atoms with E-state index in [0.717, 1.165) is 25.3 Å². The highest BCUT2D eigenvalue weighted by atomic mass is 32.2. The van der Waals surface area contributed by atoms with Crippen LogP contribution in [0.5, 0.6) is 5.75 Å². The zero-order chi connectivity index (χ0) is 24.1. The van der Waals surface area contributed by atoms with E-state index in [4.69, 9.17) is 4.74 Å². The molecular weight excluding hydrogens is 475 g/mol. The van der Waals surface area contributed by atoms with Crippen LogP contribution in [-0.4, -0.2) is 58.6 Å². The van der Waals surface area contributed by atoms with Crippen molar-refractivity contribution in [3.63, 3.8) is 0 Å². The molecule has 3 heterocycles. The number of rotatable bonds is 10. The fraction of sp³-hybridized carbons (Fsp3) is 0.440. The van der Waals surface area contributed by atoms with E-state index in [1.807, 2.05) is 6.07 Å². The second-order valence-corrected chi connectivity index (χ2v) is 10.9. The van der Waals surface area contributed by atoms with Crippen molar-refractivity contribution in [3.8, 4) is 5.75 Å². The highest BCUT2D eigenvalue weighted by Crippen LogP contribution is 2.35. The Labute approximate surface area is 206 Å². The number of ether oxygens (including phenoxy) is 1. The van der Waals surface area contributed by atoms with E-state index >= 15 is 0 Å². The molecule has 9 heteroatoms. The molecule has 1 saturated heterocycles. The topological polar surface area (TPSA) is 82.9 Å². The number of thiophene rings is 1. The number of carboxylic acids is 1. The van der Waals surface area contributed by atoms with Crippen molar-refractivity contribution >= 4 is 40.0 Å². The van der Waals surface area contributed by atoms with E-state index < -0.39 is 23.8 Å². The summed E-state index contributed by atoms with van der Waals surface area (Å²) in [6.07, 6.45) is 2.06. The summed E-state index contributed by atoms with van der Waals surface area (Å²) >= 11 is 3.51. The molecule has 0 radical (unpaired) electrons. The third-order valence-corrected chi connectivity index (χ3v) is 8.62. The van der Waals surface area contributed by atoms with E-state index in [1.54, 1.807) is 41.4 Å². The number of carbonyl (C=O) groups is 1. The van der Waals surface area contributed by atoms with Crippen molar-refractivity contribution < 1.29 is 24.1 Å². The van der Waals surface area contributed by atoms with Gasteiger partial charge < -0.3 is 19.8 Å². The lowest BCUT2D eigenvalue weighted by Gasteiger charge is -2.36. The van der Waals surface area contributed by atoms with Crippen LogP contribution in [0.4, 0.5) is 4.39 Å². The molecule has 2 N–H and O–H groups in total. The third-order valence-electron chi connectivity index (χ3n) is 6.51. The Morgan fingerprint density at radius 3 is 3.00 bits per heavy atom. The number of piperidine rings is 1. The van der Waals surface area contributed by atoms with Gasteiger partial charge in [0.15, 0.2) is 0 Å². The van der Waals surface area contributed by atoms with Gasteiger partial charge >= 0.3 is 5.97 Å². The van der Waals surface area contributed by atoms with Crippen molar-refractivity contribution in [1.82, 2.24) is 9.88 Å². The van der Waals surface area contributed by atoms with Crippen LogP contribution in [0.3, 0.4) is 0 Å². The second kappa shape index (κ2) is 11.5. The molecule has 0 aliphatic carbocycles. The van der Waals surface area contributed by atoms with Gasteiger partial charge in [0.25, 0.3) is 0 Å². The Morgan fingerprint density at radius 2 is 2.26 bits per heavy atom. The lowest BCUT2D eigenvalue weighted by atomic mass is 9.81. The molecule has 34 heavy (non-hydrogen) atoms. The number of thioether (sulfide) groups is 1. The van der Waals surface area contributed by atoms with Gasteiger partial charge in [0.1, 0.15) is 11.6 Å². The van der Waals surface area contributed by atoms with Crippen LogP contribution >= 0.6 is 23.1 Å². The molecular formula is C25H29FN2O4S2. The average Bonchev–Trinajstić information content (AvgIpc) is 3.36. The molecule has 4 rings (SSSR count). The maximum atomic E-state index is 14.7. The Morgan fingerprint density at radius 1 is 1.41 bits per heavy atom. The van der Waals surface area contributed by atoms with E-state index in [-0.39, 0.29) is 17.9 Å². The van der Waals surface area contributed by atoms with Crippen LogP contribution in [0, 0.1) is 17.7 Å². The number of benzene rings is 1. The number of carboxylic acid groups (broad SMARTS) is 1. The molecule has 0 saturated carbocycles. The lowest BCUT2D eigenvalue weighted by Crippen LogP contribution is -2.44. The minimum atomic E-state index is -1.05. The van der Waals surface area contributed by atoms with Crippen LogP contribution < -0.4 is 4.74 Å². The number of aliphatic hydroxyl groups excluding tert-OH is 1. The van der Waals surface area contributed by atoms with Gasteiger partial charge in [0.05, 0.1) is 35.1 Å². The van der Waals surface area contributed by atoms with Crippen LogP contribution in [0.1, 0.15) is 30.9 Å². The highest BCUT2D eigenvalue weighted by Gasteiger charge is 2.34. The monoisotopic (exact) mass is 504 g/mol. The number of methoxy groups -OCH3 is 1. The van der Waals surface area contributed by atoms with Crippen molar-refractivity contribution in [2.24, 2.45) is 11.8 Å². The quantitative estimate of drug-likeness (QED) is 0.373. The smallest absolute Gasteiger partial charge is 0.308 e. The predicted octanol–water partition coefficient (Wildman–Crippen LogP) is 5.07. The number of halogens is 1. The summed E-state index contributed by atoms with van der Waals surface area (Å²) in [7, 11) is 1.51. The third kappa shape index (κ3) is 5.89. The first-order chi connectivity index (χ1) is 16.5. The number of aliphatic hydroxyl groups is 1. The Balaban J connectivity index is 1.38. The fourth-order valence-electron chi connectivity index (χ4n) is 4.66. The summed E-state index contributed by atoms with van der Waals surface area (Å²) in [5.41, 5.74) is 0.771. The molecule has 2 aromatic heterocycles. The molecule has 0 unspecified atom stereocenters. The minimum Gasteiger partial charge on any atom is -0.495 e. The predicted molar refractivity (Wildman–Crippen MR) is 133 cm³/mol. The zero-order valence-electron chi connectivity index (χ0n) is 19.0. The number of pyridine rings is 1. The van der Waals surface area contributed by atoms with Crippen molar-refractivity contribution in [3.05, 3.63) is 53.3 Å². The molecule has 1 aromatic carbocycles. The largest absolute Gasteiger partial charge is 0.495 e. The standard InChI is InChI=1S/C25H29FN2O4S2/c1-32-17-13-18-21(27-14-17)6-5-20(26)24(18)22(29)7-4-16-8-9-28(15-19(16)25(30)31)10-12-34-23-3-2-11-33-23/h2-3,5-6,11,13-14,16,19,22,29H,4,7-10,12,15H2,1H3,(H,30,31)/t16-,19+,22+/m1/s1. The molecule has 1 aliphatic heterocycles. The molecule has 0 spiro atoms. The number of fused-ring (bicyclic) bond motifs is 1. The van der Waals surface area contributed by atoms with Crippen LogP contribution in [0.15, 0.2) is 46.1 Å². The number of likely N-dealkylation sites (tertiary alicyclic amines) is 1. The van der Waals surface area contributed by atoms with Gasteiger partial charge in [0.2, 0.25) is 0 Å². The number of aromatic nitrogens is 1. The summed E-state index contributed by atoms with van der Waals surface area (Å²) in [4.78, 5) is 18.5. The molecule has 182 valence electrons. The highest BCUT2D eigenvalue weighted by molar-refractivity contribution is 8.01. The van der Waals surface area contributed by atoms with Gasteiger partial charge in [-0.25, -0.2) is 4.39 Å². The molecule has 0 amide bonds.